The highest BCUT2D eigenvalue weighted by atomic mass is 32.2. The minimum Gasteiger partial charge on any atom is -0.507 e. The third-order valence-corrected chi connectivity index (χ3v) is 4.61. The average molecular weight is 287 g/mol. The molecule has 7 heteroatoms. The molecule has 0 saturated heterocycles. The summed E-state index contributed by atoms with van der Waals surface area (Å²) in [6.07, 6.45) is 0. The minimum absolute atomic E-state index is 0.229. The Labute approximate surface area is 112 Å². The number of carbonyl (C=O) groups excluding carboxylic acids is 1. The molecule has 106 valence electrons. The molecule has 1 N–H and O–H groups in total. The molecule has 0 saturated carbocycles. The lowest BCUT2D eigenvalue weighted by Crippen LogP contribution is -2.41. The molecule has 0 aromatic heterocycles. The summed E-state index contributed by atoms with van der Waals surface area (Å²) >= 11 is 0. The Bertz CT molecular complexity index is 553. The van der Waals surface area contributed by atoms with Crippen LogP contribution >= 0.6 is 0 Å². The van der Waals surface area contributed by atoms with E-state index in [1.165, 1.54) is 31.4 Å². The highest BCUT2D eigenvalue weighted by Crippen LogP contribution is 2.26. The number of rotatable bonds is 5. The van der Waals surface area contributed by atoms with E-state index in [4.69, 9.17) is 0 Å². The van der Waals surface area contributed by atoms with E-state index in [2.05, 4.69) is 4.74 Å². The quantitative estimate of drug-likeness (QED) is 0.816. The monoisotopic (exact) mass is 287 g/mol. The molecular weight excluding hydrogens is 270 g/mol. The highest BCUT2D eigenvalue weighted by molar-refractivity contribution is 7.89. The Morgan fingerprint density at radius 2 is 1.95 bits per heavy atom. The summed E-state index contributed by atoms with van der Waals surface area (Å²) in [5, 5.41) is 9.65. The van der Waals surface area contributed by atoms with E-state index in [0.717, 1.165) is 4.31 Å². The molecule has 0 aliphatic carbocycles. The van der Waals surface area contributed by atoms with E-state index >= 15 is 0 Å². The first-order valence-electron chi connectivity index (χ1n) is 5.67. The Morgan fingerprint density at radius 1 is 1.37 bits per heavy atom. The predicted octanol–water partition coefficient (Wildman–Crippen LogP) is 0.964. The molecule has 0 heterocycles. The van der Waals surface area contributed by atoms with Crippen molar-refractivity contribution >= 4 is 16.0 Å². The molecule has 6 nitrogen and oxygen atoms in total. The van der Waals surface area contributed by atoms with Gasteiger partial charge in [0.25, 0.3) is 0 Å². The fourth-order valence-electron chi connectivity index (χ4n) is 1.54. The van der Waals surface area contributed by atoms with Gasteiger partial charge in [0.1, 0.15) is 17.2 Å². The van der Waals surface area contributed by atoms with Gasteiger partial charge < -0.3 is 9.84 Å². The molecule has 19 heavy (non-hydrogen) atoms. The Morgan fingerprint density at radius 3 is 2.42 bits per heavy atom. The number of esters is 1. The fraction of sp³-hybridized carbons (Fsp3) is 0.417. The number of hydrogen-bond acceptors (Lipinski definition) is 5. The third-order valence-electron chi connectivity index (χ3n) is 2.54. The zero-order valence-corrected chi connectivity index (χ0v) is 11.8. The lowest BCUT2D eigenvalue weighted by atomic mass is 10.3. The van der Waals surface area contributed by atoms with Crippen LogP contribution in [0.3, 0.4) is 0 Å². The van der Waals surface area contributed by atoms with Crippen LogP contribution in [-0.4, -0.2) is 43.5 Å². The summed E-state index contributed by atoms with van der Waals surface area (Å²) in [7, 11) is -2.77. The predicted molar refractivity (Wildman–Crippen MR) is 69.2 cm³/mol. The van der Waals surface area contributed by atoms with Crippen molar-refractivity contribution in [1.82, 2.24) is 4.31 Å². The molecule has 0 radical (unpaired) electrons. The van der Waals surface area contributed by atoms with Crippen molar-refractivity contribution in [3.05, 3.63) is 24.3 Å². The first kappa shape index (κ1) is 15.5. The zero-order valence-electron chi connectivity index (χ0n) is 11.0. The van der Waals surface area contributed by atoms with E-state index in [0.29, 0.717) is 0 Å². The molecule has 0 fully saturated rings. The number of para-hydroxylation sites is 1. The van der Waals surface area contributed by atoms with Crippen molar-refractivity contribution in [2.45, 2.75) is 24.8 Å². The maximum Gasteiger partial charge on any atom is 0.321 e. The van der Waals surface area contributed by atoms with E-state index in [1.54, 1.807) is 13.8 Å². The van der Waals surface area contributed by atoms with Crippen LogP contribution in [-0.2, 0) is 19.6 Å². The van der Waals surface area contributed by atoms with Crippen LogP contribution in [0, 0.1) is 0 Å². The number of aromatic hydroxyl groups is 1. The number of methoxy groups -OCH3 is 1. The van der Waals surface area contributed by atoms with Crippen LogP contribution in [0.25, 0.3) is 0 Å². The number of carbonyl (C=O) groups is 1. The standard InChI is InChI=1S/C12H17NO5S/c1-9(2)13(8-12(15)18-3)19(16,17)11-7-5-4-6-10(11)14/h4-7,9,14H,8H2,1-3H3. The minimum atomic E-state index is -3.95. The lowest BCUT2D eigenvalue weighted by Gasteiger charge is -2.24. The maximum atomic E-state index is 12.4. The van der Waals surface area contributed by atoms with Crippen LogP contribution in [0.2, 0.25) is 0 Å². The molecule has 0 unspecified atom stereocenters. The van der Waals surface area contributed by atoms with Gasteiger partial charge in [-0.15, -0.1) is 0 Å². The number of phenols is 1. The number of benzene rings is 1. The SMILES string of the molecule is COC(=O)CN(C(C)C)S(=O)(=O)c1ccccc1O. The summed E-state index contributed by atoms with van der Waals surface area (Å²) in [5.74, 6) is -1.01. The first-order valence-corrected chi connectivity index (χ1v) is 7.11. The van der Waals surface area contributed by atoms with Gasteiger partial charge in [0.15, 0.2) is 0 Å². The molecule has 1 aromatic carbocycles. The maximum absolute atomic E-state index is 12.4. The molecule has 0 amide bonds. The second kappa shape index (κ2) is 6.03. The van der Waals surface area contributed by atoms with Gasteiger partial charge in [0.2, 0.25) is 10.0 Å². The Kier molecular flexibility index (Phi) is 4.90. The summed E-state index contributed by atoms with van der Waals surface area (Å²) in [6, 6.07) is 5.15. The van der Waals surface area contributed by atoms with Crippen molar-refractivity contribution in [2.75, 3.05) is 13.7 Å². The van der Waals surface area contributed by atoms with Gasteiger partial charge in [0, 0.05) is 6.04 Å². The van der Waals surface area contributed by atoms with Gasteiger partial charge in [-0.2, -0.15) is 4.31 Å². The largest absolute Gasteiger partial charge is 0.507 e. The Balaban J connectivity index is 3.21. The molecule has 0 aliphatic heterocycles. The van der Waals surface area contributed by atoms with Gasteiger partial charge in [-0.1, -0.05) is 12.1 Å². The zero-order chi connectivity index (χ0) is 14.6. The van der Waals surface area contributed by atoms with Crippen molar-refractivity contribution in [1.29, 1.82) is 0 Å². The van der Waals surface area contributed by atoms with Gasteiger partial charge in [-0.3, -0.25) is 4.79 Å². The Hall–Kier alpha value is -1.60. The molecule has 1 rings (SSSR count). The number of ether oxygens (including phenoxy) is 1. The van der Waals surface area contributed by atoms with E-state index < -0.39 is 28.6 Å². The van der Waals surface area contributed by atoms with Crippen LogP contribution in [0.15, 0.2) is 29.2 Å². The van der Waals surface area contributed by atoms with E-state index in [-0.39, 0.29) is 10.6 Å². The number of nitrogens with zero attached hydrogens (tertiary/aromatic N) is 1. The first-order chi connectivity index (χ1) is 8.80. The molecule has 0 bridgehead atoms. The number of hydrogen-bond donors (Lipinski definition) is 1. The van der Waals surface area contributed by atoms with Crippen molar-refractivity contribution < 1.29 is 23.1 Å². The van der Waals surface area contributed by atoms with Crippen LogP contribution in [0.5, 0.6) is 5.75 Å². The summed E-state index contributed by atoms with van der Waals surface area (Å²) in [6.45, 7) is 2.88. The molecule has 0 aliphatic rings. The van der Waals surface area contributed by atoms with Crippen molar-refractivity contribution in [2.24, 2.45) is 0 Å². The van der Waals surface area contributed by atoms with Crippen molar-refractivity contribution in [3.63, 3.8) is 0 Å². The van der Waals surface area contributed by atoms with Gasteiger partial charge in [-0.25, -0.2) is 8.42 Å². The van der Waals surface area contributed by atoms with Gasteiger partial charge >= 0.3 is 5.97 Å². The smallest absolute Gasteiger partial charge is 0.321 e. The van der Waals surface area contributed by atoms with Gasteiger partial charge in [-0.05, 0) is 26.0 Å². The van der Waals surface area contributed by atoms with Crippen LogP contribution < -0.4 is 0 Å². The fourth-order valence-corrected chi connectivity index (χ4v) is 3.20. The number of phenolic OH excluding ortho intramolecular Hbond substituents is 1. The second-order valence-corrected chi connectivity index (χ2v) is 6.05. The van der Waals surface area contributed by atoms with Crippen molar-refractivity contribution in [3.8, 4) is 5.75 Å². The lowest BCUT2D eigenvalue weighted by molar-refractivity contribution is -0.141. The summed E-state index contributed by atoms with van der Waals surface area (Å²) in [4.78, 5) is 11.1. The van der Waals surface area contributed by atoms with Crippen LogP contribution in [0.4, 0.5) is 0 Å². The second-order valence-electron chi connectivity index (χ2n) is 4.19. The van der Waals surface area contributed by atoms with E-state index in [1.807, 2.05) is 0 Å². The highest BCUT2D eigenvalue weighted by Gasteiger charge is 2.31. The molecule has 0 atom stereocenters. The van der Waals surface area contributed by atoms with Crippen LogP contribution in [0.1, 0.15) is 13.8 Å². The molecule has 0 spiro atoms. The topological polar surface area (TPSA) is 83.9 Å². The van der Waals surface area contributed by atoms with E-state index in [9.17, 15) is 18.3 Å². The van der Waals surface area contributed by atoms with Gasteiger partial charge in [0.05, 0.1) is 7.11 Å². The molecule has 1 aromatic rings. The third kappa shape index (κ3) is 3.45. The summed E-state index contributed by atoms with van der Waals surface area (Å²) < 4.78 is 30.3. The summed E-state index contributed by atoms with van der Waals surface area (Å²) in [5.41, 5.74) is 0. The average Bonchev–Trinajstić information content (AvgIpc) is 2.35. The molecular formula is C12H17NO5S. The normalized spacial score (nSPS) is 11.8. The number of sulfonamides is 1.